The van der Waals surface area contributed by atoms with Crippen LogP contribution in [0.3, 0.4) is 0 Å². The highest BCUT2D eigenvalue weighted by atomic mass is 16.5. The SMILES string of the molecule is CC(C)CN(CCOc1ccc(CN)cc1)CC(N)=O. The van der Waals surface area contributed by atoms with E-state index < -0.39 is 0 Å². The molecule has 0 saturated heterocycles. The lowest BCUT2D eigenvalue weighted by molar-refractivity contribution is -0.119. The summed E-state index contributed by atoms with van der Waals surface area (Å²) >= 11 is 0. The molecule has 0 bridgehead atoms. The van der Waals surface area contributed by atoms with Crippen LogP contribution in [0.1, 0.15) is 19.4 Å². The van der Waals surface area contributed by atoms with E-state index in [0.29, 0.717) is 25.6 Å². The fraction of sp³-hybridized carbons (Fsp3) is 0.533. The van der Waals surface area contributed by atoms with Crippen molar-refractivity contribution in [2.24, 2.45) is 17.4 Å². The smallest absolute Gasteiger partial charge is 0.231 e. The fourth-order valence-corrected chi connectivity index (χ4v) is 1.99. The molecular weight excluding hydrogens is 254 g/mol. The van der Waals surface area contributed by atoms with Gasteiger partial charge in [-0.3, -0.25) is 9.69 Å². The Morgan fingerprint density at radius 3 is 2.45 bits per heavy atom. The second-order valence-electron chi connectivity index (χ2n) is 5.29. The molecule has 0 unspecified atom stereocenters. The number of carbonyl (C=O) groups is 1. The summed E-state index contributed by atoms with van der Waals surface area (Å²) in [7, 11) is 0. The van der Waals surface area contributed by atoms with Crippen molar-refractivity contribution in [3.8, 4) is 5.75 Å². The second kappa shape index (κ2) is 8.55. The Hall–Kier alpha value is -1.59. The van der Waals surface area contributed by atoms with Gasteiger partial charge in [-0.15, -0.1) is 0 Å². The maximum absolute atomic E-state index is 11.0. The molecule has 0 atom stereocenters. The molecule has 0 fully saturated rings. The van der Waals surface area contributed by atoms with Crippen LogP contribution in [0.5, 0.6) is 5.75 Å². The number of nitrogens with zero attached hydrogens (tertiary/aromatic N) is 1. The van der Waals surface area contributed by atoms with Crippen molar-refractivity contribution < 1.29 is 9.53 Å². The molecule has 20 heavy (non-hydrogen) atoms. The third kappa shape index (κ3) is 6.54. The van der Waals surface area contributed by atoms with Gasteiger partial charge in [-0.05, 0) is 23.6 Å². The van der Waals surface area contributed by atoms with E-state index in [1.165, 1.54) is 0 Å². The molecule has 5 heteroatoms. The molecule has 0 aliphatic carbocycles. The minimum absolute atomic E-state index is 0.271. The molecule has 0 aromatic heterocycles. The van der Waals surface area contributed by atoms with Gasteiger partial charge in [0.1, 0.15) is 12.4 Å². The summed E-state index contributed by atoms with van der Waals surface area (Å²) in [4.78, 5) is 13.0. The molecule has 0 spiro atoms. The van der Waals surface area contributed by atoms with Gasteiger partial charge in [-0.25, -0.2) is 0 Å². The van der Waals surface area contributed by atoms with Crippen LogP contribution >= 0.6 is 0 Å². The number of rotatable bonds is 9. The third-order valence-electron chi connectivity index (χ3n) is 2.84. The van der Waals surface area contributed by atoms with Gasteiger partial charge in [-0.1, -0.05) is 26.0 Å². The van der Waals surface area contributed by atoms with Crippen LogP contribution in [0, 0.1) is 5.92 Å². The molecule has 1 rings (SSSR count). The van der Waals surface area contributed by atoms with Crippen LogP contribution in [0.15, 0.2) is 24.3 Å². The normalized spacial score (nSPS) is 11.1. The Kier molecular flexibility index (Phi) is 7.04. The Balaban J connectivity index is 2.40. The summed E-state index contributed by atoms with van der Waals surface area (Å²) < 4.78 is 5.66. The maximum atomic E-state index is 11.0. The summed E-state index contributed by atoms with van der Waals surface area (Å²) in [5, 5.41) is 0. The average Bonchev–Trinajstić information content (AvgIpc) is 2.38. The highest BCUT2D eigenvalue weighted by molar-refractivity contribution is 5.75. The molecule has 4 N–H and O–H groups in total. The Bertz CT molecular complexity index is 404. The van der Waals surface area contributed by atoms with Crippen molar-refractivity contribution in [1.82, 2.24) is 4.90 Å². The number of amides is 1. The predicted molar refractivity (Wildman–Crippen MR) is 80.3 cm³/mol. The maximum Gasteiger partial charge on any atom is 0.231 e. The predicted octanol–water partition coefficient (Wildman–Crippen LogP) is 0.967. The van der Waals surface area contributed by atoms with Crippen molar-refractivity contribution >= 4 is 5.91 Å². The number of hydrogen-bond acceptors (Lipinski definition) is 4. The van der Waals surface area contributed by atoms with Crippen molar-refractivity contribution in [2.45, 2.75) is 20.4 Å². The molecule has 1 aromatic carbocycles. The number of benzene rings is 1. The lowest BCUT2D eigenvalue weighted by Crippen LogP contribution is -2.38. The van der Waals surface area contributed by atoms with E-state index in [0.717, 1.165) is 17.9 Å². The van der Waals surface area contributed by atoms with Crippen molar-refractivity contribution in [2.75, 3.05) is 26.2 Å². The quantitative estimate of drug-likeness (QED) is 0.705. The fourth-order valence-electron chi connectivity index (χ4n) is 1.99. The Labute approximate surface area is 120 Å². The first-order valence-electron chi connectivity index (χ1n) is 6.93. The zero-order valence-corrected chi connectivity index (χ0v) is 12.3. The lowest BCUT2D eigenvalue weighted by Gasteiger charge is -2.22. The molecule has 1 amide bonds. The van der Waals surface area contributed by atoms with Crippen LogP contribution in [-0.4, -0.2) is 37.0 Å². The second-order valence-corrected chi connectivity index (χ2v) is 5.29. The molecule has 112 valence electrons. The zero-order chi connectivity index (χ0) is 15.0. The molecule has 0 saturated carbocycles. The highest BCUT2D eigenvalue weighted by Gasteiger charge is 2.10. The number of carbonyl (C=O) groups excluding carboxylic acids is 1. The first-order valence-corrected chi connectivity index (χ1v) is 6.93. The van der Waals surface area contributed by atoms with Crippen LogP contribution in [0.2, 0.25) is 0 Å². The number of hydrogen-bond donors (Lipinski definition) is 2. The average molecular weight is 279 g/mol. The number of nitrogens with two attached hydrogens (primary N) is 2. The summed E-state index contributed by atoms with van der Waals surface area (Å²) in [5.74, 6) is 0.988. The van der Waals surface area contributed by atoms with Gasteiger partial charge in [0.15, 0.2) is 0 Å². The molecule has 0 aliphatic rings. The monoisotopic (exact) mass is 279 g/mol. The van der Waals surface area contributed by atoms with Crippen molar-refractivity contribution in [3.05, 3.63) is 29.8 Å². The van der Waals surface area contributed by atoms with Crippen LogP contribution in [0.25, 0.3) is 0 Å². The Morgan fingerprint density at radius 1 is 1.30 bits per heavy atom. The summed E-state index contributed by atoms with van der Waals surface area (Å²) in [6.45, 7) is 7.07. The van der Waals surface area contributed by atoms with Gasteiger partial charge in [0, 0.05) is 19.6 Å². The van der Waals surface area contributed by atoms with Gasteiger partial charge in [-0.2, -0.15) is 0 Å². The van der Waals surface area contributed by atoms with E-state index in [1.54, 1.807) is 0 Å². The standard InChI is InChI=1S/C15H25N3O2/c1-12(2)10-18(11-15(17)19)7-8-20-14-5-3-13(9-16)4-6-14/h3-6,12H,7-11,16H2,1-2H3,(H2,17,19). The van der Waals surface area contributed by atoms with Gasteiger partial charge < -0.3 is 16.2 Å². The topological polar surface area (TPSA) is 81.6 Å². The van der Waals surface area contributed by atoms with E-state index >= 15 is 0 Å². The largest absolute Gasteiger partial charge is 0.492 e. The summed E-state index contributed by atoms with van der Waals surface area (Å²) in [6.07, 6.45) is 0. The van der Waals surface area contributed by atoms with Crippen molar-refractivity contribution in [3.63, 3.8) is 0 Å². The van der Waals surface area contributed by atoms with Gasteiger partial charge in [0.2, 0.25) is 5.91 Å². The summed E-state index contributed by atoms with van der Waals surface area (Å²) in [6, 6.07) is 7.71. The molecule has 0 heterocycles. The zero-order valence-electron chi connectivity index (χ0n) is 12.3. The van der Waals surface area contributed by atoms with E-state index in [2.05, 4.69) is 13.8 Å². The van der Waals surface area contributed by atoms with E-state index in [9.17, 15) is 4.79 Å². The van der Waals surface area contributed by atoms with E-state index in [-0.39, 0.29) is 12.5 Å². The third-order valence-corrected chi connectivity index (χ3v) is 2.84. The van der Waals surface area contributed by atoms with E-state index in [4.69, 9.17) is 16.2 Å². The van der Waals surface area contributed by atoms with E-state index in [1.807, 2.05) is 29.2 Å². The van der Waals surface area contributed by atoms with Crippen molar-refractivity contribution in [1.29, 1.82) is 0 Å². The molecular formula is C15H25N3O2. The first-order chi connectivity index (χ1) is 9.51. The van der Waals surface area contributed by atoms with Gasteiger partial charge >= 0.3 is 0 Å². The summed E-state index contributed by atoms with van der Waals surface area (Å²) in [5.41, 5.74) is 11.9. The first kappa shape index (κ1) is 16.5. The van der Waals surface area contributed by atoms with Gasteiger partial charge in [0.25, 0.3) is 0 Å². The number of ether oxygens (including phenoxy) is 1. The molecule has 0 radical (unpaired) electrons. The molecule has 1 aromatic rings. The highest BCUT2D eigenvalue weighted by Crippen LogP contribution is 2.11. The molecule has 0 aliphatic heterocycles. The van der Waals surface area contributed by atoms with Crippen LogP contribution < -0.4 is 16.2 Å². The Morgan fingerprint density at radius 2 is 1.95 bits per heavy atom. The number of primary amides is 1. The van der Waals surface area contributed by atoms with Crippen LogP contribution in [-0.2, 0) is 11.3 Å². The lowest BCUT2D eigenvalue weighted by atomic mass is 10.2. The minimum Gasteiger partial charge on any atom is -0.492 e. The van der Waals surface area contributed by atoms with Gasteiger partial charge in [0.05, 0.1) is 6.54 Å². The minimum atomic E-state index is -0.307. The van der Waals surface area contributed by atoms with Crippen LogP contribution in [0.4, 0.5) is 0 Å². The molecule has 5 nitrogen and oxygen atoms in total.